The van der Waals surface area contributed by atoms with Crippen LogP contribution < -0.4 is 5.32 Å². The van der Waals surface area contributed by atoms with Crippen molar-refractivity contribution in [3.05, 3.63) is 64.7 Å². The van der Waals surface area contributed by atoms with E-state index in [1.807, 2.05) is 17.0 Å². The highest BCUT2D eigenvalue weighted by atomic mass is 16.2. The van der Waals surface area contributed by atoms with E-state index in [2.05, 4.69) is 56.4 Å². The van der Waals surface area contributed by atoms with Crippen molar-refractivity contribution in [3.8, 4) is 0 Å². The molecule has 1 heterocycles. The summed E-state index contributed by atoms with van der Waals surface area (Å²) >= 11 is 0. The topological polar surface area (TPSA) is 32.3 Å². The highest BCUT2D eigenvalue weighted by Gasteiger charge is 2.27. The number of benzene rings is 2. The van der Waals surface area contributed by atoms with Gasteiger partial charge < -0.3 is 10.2 Å². The molecule has 0 spiro atoms. The first-order valence-electron chi connectivity index (χ1n) is 9.26. The third kappa shape index (κ3) is 4.04. The van der Waals surface area contributed by atoms with Crippen LogP contribution in [0.25, 0.3) is 0 Å². The molecule has 1 N–H and O–H groups in total. The summed E-state index contributed by atoms with van der Waals surface area (Å²) < 4.78 is 0. The predicted molar refractivity (Wildman–Crippen MR) is 104 cm³/mol. The molecule has 1 aliphatic heterocycles. The third-order valence-electron chi connectivity index (χ3n) is 5.29. The van der Waals surface area contributed by atoms with Crippen LogP contribution in [-0.2, 0) is 0 Å². The van der Waals surface area contributed by atoms with Gasteiger partial charge in [-0.1, -0.05) is 54.8 Å². The Bertz CT molecular complexity index is 753. The first-order chi connectivity index (χ1) is 12.1. The van der Waals surface area contributed by atoms with Crippen molar-refractivity contribution in [2.45, 2.75) is 52.5 Å². The minimum atomic E-state index is 0.0158. The maximum atomic E-state index is 13.1. The van der Waals surface area contributed by atoms with E-state index in [4.69, 9.17) is 0 Å². The Morgan fingerprint density at radius 3 is 2.64 bits per heavy atom. The lowest BCUT2D eigenvalue weighted by molar-refractivity contribution is 0.189. The Morgan fingerprint density at radius 2 is 1.84 bits per heavy atom. The second kappa shape index (κ2) is 7.73. The Balaban J connectivity index is 1.85. The number of anilines is 1. The second-order valence-electron chi connectivity index (χ2n) is 7.15. The number of amides is 2. The molecule has 2 aromatic carbocycles. The Kier molecular flexibility index (Phi) is 5.42. The van der Waals surface area contributed by atoms with Crippen molar-refractivity contribution in [1.82, 2.24) is 4.90 Å². The van der Waals surface area contributed by atoms with Crippen LogP contribution in [0.2, 0.25) is 0 Å². The fraction of sp³-hybridized carbons (Fsp3) is 0.409. The van der Waals surface area contributed by atoms with E-state index < -0.39 is 0 Å². The molecule has 0 radical (unpaired) electrons. The molecular weight excluding hydrogens is 308 g/mol. The smallest absolute Gasteiger partial charge is 0.317 e. The zero-order valence-corrected chi connectivity index (χ0v) is 15.5. The first kappa shape index (κ1) is 17.5. The number of hydrogen-bond acceptors (Lipinski definition) is 1. The van der Waals surface area contributed by atoms with E-state index in [1.54, 1.807) is 0 Å². The van der Waals surface area contributed by atoms with Crippen molar-refractivity contribution >= 4 is 11.7 Å². The number of carbonyl (C=O) groups is 1. The lowest BCUT2D eigenvalue weighted by atomic mass is 9.99. The van der Waals surface area contributed by atoms with E-state index in [1.165, 1.54) is 29.5 Å². The number of carbonyl (C=O) groups excluding carboxylic acids is 1. The summed E-state index contributed by atoms with van der Waals surface area (Å²) in [6.45, 7) is 7.06. The summed E-state index contributed by atoms with van der Waals surface area (Å²) in [5.74, 6) is 0. The number of nitrogens with zero attached hydrogens (tertiary/aromatic N) is 1. The normalized spacial score (nSPS) is 17.9. The van der Waals surface area contributed by atoms with Crippen molar-refractivity contribution in [2.75, 3.05) is 11.9 Å². The highest BCUT2D eigenvalue weighted by Crippen LogP contribution is 2.31. The average molecular weight is 336 g/mol. The molecule has 0 aliphatic carbocycles. The largest absolute Gasteiger partial charge is 0.322 e. The van der Waals surface area contributed by atoms with E-state index in [-0.39, 0.29) is 12.1 Å². The van der Waals surface area contributed by atoms with E-state index in [9.17, 15) is 4.79 Å². The molecule has 3 nitrogen and oxygen atoms in total. The van der Waals surface area contributed by atoms with Crippen molar-refractivity contribution in [3.63, 3.8) is 0 Å². The zero-order chi connectivity index (χ0) is 17.8. The molecule has 0 unspecified atom stereocenters. The van der Waals surface area contributed by atoms with E-state index >= 15 is 0 Å². The molecule has 25 heavy (non-hydrogen) atoms. The minimum Gasteiger partial charge on any atom is -0.317 e. The molecule has 132 valence electrons. The summed E-state index contributed by atoms with van der Waals surface area (Å²) in [5.41, 5.74) is 5.74. The summed E-state index contributed by atoms with van der Waals surface area (Å²) in [6.07, 6.45) is 4.47. The molecular formula is C22H28N2O. The molecule has 0 aromatic heterocycles. The van der Waals surface area contributed by atoms with Gasteiger partial charge in [-0.05, 0) is 56.4 Å². The van der Waals surface area contributed by atoms with Gasteiger partial charge in [0.1, 0.15) is 0 Å². The number of likely N-dealkylation sites (tertiary alicyclic amines) is 1. The molecule has 0 bridgehead atoms. The number of urea groups is 1. The fourth-order valence-corrected chi connectivity index (χ4v) is 3.65. The van der Waals surface area contributed by atoms with Gasteiger partial charge in [-0.2, -0.15) is 0 Å². The van der Waals surface area contributed by atoms with Gasteiger partial charge in [-0.15, -0.1) is 0 Å². The van der Waals surface area contributed by atoms with Gasteiger partial charge >= 0.3 is 6.03 Å². The monoisotopic (exact) mass is 336 g/mol. The number of nitrogens with one attached hydrogen (secondary N) is 1. The van der Waals surface area contributed by atoms with Crippen LogP contribution in [0.1, 0.15) is 54.0 Å². The van der Waals surface area contributed by atoms with Gasteiger partial charge in [0.25, 0.3) is 0 Å². The van der Waals surface area contributed by atoms with Crippen LogP contribution in [0.4, 0.5) is 10.5 Å². The molecule has 3 rings (SSSR count). The van der Waals surface area contributed by atoms with Crippen molar-refractivity contribution < 1.29 is 4.79 Å². The van der Waals surface area contributed by atoms with E-state index in [0.717, 1.165) is 30.6 Å². The lowest BCUT2D eigenvalue weighted by Gasteiger charge is -2.31. The maximum Gasteiger partial charge on any atom is 0.322 e. The molecule has 1 atom stereocenters. The number of hydrogen-bond donors (Lipinski definition) is 1. The Labute approximate surface area is 151 Å². The number of rotatable bonds is 2. The van der Waals surface area contributed by atoms with E-state index in [0.29, 0.717) is 0 Å². The Hall–Kier alpha value is -2.29. The van der Waals surface area contributed by atoms with Crippen molar-refractivity contribution in [1.29, 1.82) is 0 Å². The quantitative estimate of drug-likeness (QED) is 0.743. The van der Waals surface area contributed by atoms with Crippen LogP contribution in [0.15, 0.2) is 42.5 Å². The van der Waals surface area contributed by atoms with Gasteiger partial charge in [0, 0.05) is 12.2 Å². The van der Waals surface area contributed by atoms with Gasteiger partial charge in [0.15, 0.2) is 0 Å². The van der Waals surface area contributed by atoms with Gasteiger partial charge in [-0.25, -0.2) is 4.79 Å². The first-order valence-corrected chi connectivity index (χ1v) is 9.26. The van der Waals surface area contributed by atoms with Gasteiger partial charge in [0.2, 0.25) is 0 Å². The lowest BCUT2D eigenvalue weighted by Crippen LogP contribution is -2.38. The second-order valence-corrected chi connectivity index (χ2v) is 7.15. The number of aryl methyl sites for hydroxylation is 2. The standard InChI is InChI=1S/C22H28N2O/c1-16-9-7-11-19(15-16)21-13-5-4-6-14-24(21)22(25)23-20-12-8-10-17(2)18(20)3/h7-12,15,21H,4-6,13-14H2,1-3H3,(H,23,25)/t21-/m1/s1. The summed E-state index contributed by atoms with van der Waals surface area (Å²) in [7, 11) is 0. The molecule has 1 saturated heterocycles. The van der Waals surface area contributed by atoms with Crippen LogP contribution >= 0.6 is 0 Å². The summed E-state index contributed by atoms with van der Waals surface area (Å²) in [4.78, 5) is 15.1. The Morgan fingerprint density at radius 1 is 1.04 bits per heavy atom. The van der Waals surface area contributed by atoms with Crippen LogP contribution in [-0.4, -0.2) is 17.5 Å². The molecule has 2 aromatic rings. The fourth-order valence-electron chi connectivity index (χ4n) is 3.65. The average Bonchev–Trinajstić information content (AvgIpc) is 2.85. The molecule has 1 fully saturated rings. The molecule has 3 heteroatoms. The minimum absolute atomic E-state index is 0.0158. The van der Waals surface area contributed by atoms with Crippen LogP contribution in [0.5, 0.6) is 0 Å². The maximum absolute atomic E-state index is 13.1. The van der Waals surface area contributed by atoms with Crippen LogP contribution in [0.3, 0.4) is 0 Å². The zero-order valence-electron chi connectivity index (χ0n) is 15.5. The highest BCUT2D eigenvalue weighted by molar-refractivity contribution is 5.90. The molecule has 0 saturated carbocycles. The van der Waals surface area contributed by atoms with Crippen molar-refractivity contribution in [2.24, 2.45) is 0 Å². The molecule has 1 aliphatic rings. The van der Waals surface area contributed by atoms with Gasteiger partial charge in [-0.3, -0.25) is 0 Å². The predicted octanol–water partition coefficient (Wildman–Crippen LogP) is 5.76. The SMILES string of the molecule is Cc1cccc([C@H]2CCCCCN2C(=O)Nc2cccc(C)c2C)c1. The molecule has 2 amide bonds. The summed E-state index contributed by atoms with van der Waals surface area (Å²) in [5, 5.41) is 3.15. The summed E-state index contributed by atoms with van der Waals surface area (Å²) in [6, 6.07) is 14.8. The van der Waals surface area contributed by atoms with Crippen LogP contribution in [0, 0.1) is 20.8 Å². The van der Waals surface area contributed by atoms with Gasteiger partial charge in [0.05, 0.1) is 6.04 Å². The third-order valence-corrected chi connectivity index (χ3v) is 5.29.